The Labute approximate surface area is 137 Å². The van der Waals surface area contributed by atoms with E-state index < -0.39 is 0 Å². The molecule has 2 fully saturated rings. The van der Waals surface area contributed by atoms with Crippen LogP contribution in [0.2, 0.25) is 0 Å². The fourth-order valence-corrected chi connectivity index (χ4v) is 3.50. The van der Waals surface area contributed by atoms with Gasteiger partial charge >= 0.3 is 0 Å². The Kier molecular flexibility index (Phi) is 4.96. The first-order valence-corrected chi connectivity index (χ1v) is 8.60. The SMILES string of the molecule is CCCCN1CC(=O)N2CCCC(c3ccccc3)N2C(=O)C1. The lowest BCUT2D eigenvalue weighted by Crippen LogP contribution is -2.54. The van der Waals surface area contributed by atoms with Gasteiger partial charge in [-0.3, -0.25) is 14.5 Å². The zero-order valence-electron chi connectivity index (χ0n) is 13.8. The van der Waals surface area contributed by atoms with Crippen LogP contribution in [0.3, 0.4) is 0 Å². The molecule has 0 saturated carbocycles. The van der Waals surface area contributed by atoms with Gasteiger partial charge in [-0.2, -0.15) is 0 Å². The molecule has 0 aromatic heterocycles. The quantitative estimate of drug-likeness (QED) is 0.855. The minimum absolute atomic E-state index is 0.0208. The summed E-state index contributed by atoms with van der Waals surface area (Å²) in [5.74, 6) is 0.0908. The Balaban J connectivity index is 1.85. The lowest BCUT2D eigenvalue weighted by Gasteiger charge is -2.43. The Morgan fingerprint density at radius 2 is 1.83 bits per heavy atom. The lowest BCUT2D eigenvalue weighted by atomic mass is 9.99. The topological polar surface area (TPSA) is 43.9 Å². The summed E-state index contributed by atoms with van der Waals surface area (Å²) >= 11 is 0. The van der Waals surface area contributed by atoms with Gasteiger partial charge in [0.15, 0.2) is 0 Å². The van der Waals surface area contributed by atoms with Crippen LogP contribution < -0.4 is 0 Å². The van der Waals surface area contributed by atoms with E-state index in [1.54, 1.807) is 10.0 Å². The van der Waals surface area contributed by atoms with Crippen LogP contribution in [0.1, 0.15) is 44.2 Å². The van der Waals surface area contributed by atoms with Crippen LogP contribution in [0.15, 0.2) is 30.3 Å². The highest BCUT2D eigenvalue weighted by atomic mass is 16.2. The van der Waals surface area contributed by atoms with Gasteiger partial charge in [-0.15, -0.1) is 0 Å². The zero-order chi connectivity index (χ0) is 16.2. The molecule has 1 aromatic carbocycles. The van der Waals surface area contributed by atoms with Crippen LogP contribution in [0.4, 0.5) is 0 Å². The highest BCUT2D eigenvalue weighted by molar-refractivity contribution is 5.87. The van der Waals surface area contributed by atoms with Crippen LogP contribution in [0.5, 0.6) is 0 Å². The number of hydrazine groups is 1. The minimum Gasteiger partial charge on any atom is -0.285 e. The van der Waals surface area contributed by atoms with E-state index in [-0.39, 0.29) is 17.9 Å². The molecule has 124 valence electrons. The summed E-state index contributed by atoms with van der Waals surface area (Å²) in [6.07, 6.45) is 3.93. The second-order valence-corrected chi connectivity index (χ2v) is 6.39. The maximum atomic E-state index is 12.8. The van der Waals surface area contributed by atoms with Gasteiger partial charge < -0.3 is 0 Å². The van der Waals surface area contributed by atoms with Gasteiger partial charge in [0.2, 0.25) is 0 Å². The average molecular weight is 315 g/mol. The number of fused-ring (bicyclic) bond motifs is 1. The highest BCUT2D eigenvalue weighted by Crippen LogP contribution is 2.32. The molecule has 0 N–H and O–H groups in total. The molecule has 2 amide bonds. The second kappa shape index (κ2) is 7.13. The third kappa shape index (κ3) is 3.39. The molecule has 2 heterocycles. The fraction of sp³-hybridized carbons (Fsp3) is 0.556. The summed E-state index contributed by atoms with van der Waals surface area (Å²) in [6.45, 7) is 4.27. The second-order valence-electron chi connectivity index (χ2n) is 6.39. The third-order valence-corrected chi connectivity index (χ3v) is 4.68. The summed E-state index contributed by atoms with van der Waals surface area (Å²) in [5.41, 5.74) is 1.11. The molecule has 23 heavy (non-hydrogen) atoms. The first-order valence-electron chi connectivity index (χ1n) is 8.60. The van der Waals surface area contributed by atoms with Gasteiger partial charge in [-0.05, 0) is 31.4 Å². The predicted molar refractivity (Wildman–Crippen MR) is 88.3 cm³/mol. The van der Waals surface area contributed by atoms with Crippen molar-refractivity contribution in [1.82, 2.24) is 14.9 Å². The number of unbranched alkanes of at least 4 members (excludes halogenated alkanes) is 1. The maximum Gasteiger partial charge on any atom is 0.255 e. The van der Waals surface area contributed by atoms with Crippen molar-refractivity contribution in [3.63, 3.8) is 0 Å². The molecule has 0 aliphatic carbocycles. The molecule has 1 unspecified atom stereocenters. The van der Waals surface area contributed by atoms with Gasteiger partial charge in [-0.1, -0.05) is 43.7 Å². The summed E-state index contributed by atoms with van der Waals surface area (Å²) in [6, 6.07) is 10.0. The molecule has 0 radical (unpaired) electrons. The van der Waals surface area contributed by atoms with Crippen molar-refractivity contribution in [3.8, 4) is 0 Å². The van der Waals surface area contributed by atoms with Crippen molar-refractivity contribution >= 4 is 11.8 Å². The monoisotopic (exact) mass is 315 g/mol. The highest BCUT2D eigenvalue weighted by Gasteiger charge is 2.39. The number of nitrogens with zero attached hydrogens (tertiary/aromatic N) is 3. The van der Waals surface area contributed by atoms with E-state index in [1.807, 2.05) is 35.2 Å². The average Bonchev–Trinajstić information content (AvgIpc) is 2.71. The van der Waals surface area contributed by atoms with Gasteiger partial charge in [0.25, 0.3) is 11.8 Å². The number of benzene rings is 1. The Morgan fingerprint density at radius 1 is 1.09 bits per heavy atom. The summed E-state index contributed by atoms with van der Waals surface area (Å²) < 4.78 is 0. The van der Waals surface area contributed by atoms with E-state index in [0.29, 0.717) is 19.6 Å². The van der Waals surface area contributed by atoms with Gasteiger partial charge in [0.1, 0.15) is 0 Å². The van der Waals surface area contributed by atoms with E-state index >= 15 is 0 Å². The zero-order valence-corrected chi connectivity index (χ0v) is 13.8. The van der Waals surface area contributed by atoms with E-state index in [2.05, 4.69) is 6.92 Å². The van der Waals surface area contributed by atoms with Crippen LogP contribution in [0, 0.1) is 0 Å². The Hall–Kier alpha value is -1.88. The number of hydrogen-bond acceptors (Lipinski definition) is 3. The normalized spacial score (nSPS) is 22.9. The summed E-state index contributed by atoms with van der Waals surface area (Å²) in [5, 5.41) is 3.42. The van der Waals surface area contributed by atoms with Crippen molar-refractivity contribution in [2.45, 2.75) is 38.6 Å². The van der Waals surface area contributed by atoms with Gasteiger partial charge in [0, 0.05) is 6.54 Å². The van der Waals surface area contributed by atoms with Crippen molar-refractivity contribution in [2.24, 2.45) is 0 Å². The maximum absolute atomic E-state index is 12.8. The molecule has 0 spiro atoms. The third-order valence-electron chi connectivity index (χ3n) is 4.68. The predicted octanol–water partition coefficient (Wildman–Crippen LogP) is 2.21. The molecular weight excluding hydrogens is 290 g/mol. The Morgan fingerprint density at radius 3 is 2.57 bits per heavy atom. The van der Waals surface area contributed by atoms with E-state index in [4.69, 9.17) is 0 Å². The molecule has 5 heteroatoms. The van der Waals surface area contributed by atoms with Crippen molar-refractivity contribution in [2.75, 3.05) is 26.2 Å². The molecule has 1 atom stereocenters. The van der Waals surface area contributed by atoms with Gasteiger partial charge in [0.05, 0.1) is 19.1 Å². The van der Waals surface area contributed by atoms with Crippen LogP contribution in [-0.2, 0) is 9.59 Å². The molecule has 2 saturated heterocycles. The summed E-state index contributed by atoms with van der Waals surface area (Å²) in [7, 11) is 0. The van der Waals surface area contributed by atoms with E-state index in [9.17, 15) is 9.59 Å². The Bertz CT molecular complexity index is 561. The van der Waals surface area contributed by atoms with Crippen molar-refractivity contribution in [1.29, 1.82) is 0 Å². The van der Waals surface area contributed by atoms with Crippen LogP contribution in [0.25, 0.3) is 0 Å². The first kappa shape index (κ1) is 16.0. The molecular formula is C18H25N3O2. The molecule has 5 nitrogen and oxygen atoms in total. The standard InChI is InChI=1S/C18H25N3O2/c1-2-3-11-19-13-17(22)20-12-7-10-16(21(20)18(23)14-19)15-8-5-4-6-9-15/h4-6,8-9,16H,2-3,7,10-14H2,1H3. The smallest absolute Gasteiger partial charge is 0.255 e. The molecule has 3 rings (SSSR count). The van der Waals surface area contributed by atoms with E-state index in [1.165, 1.54) is 0 Å². The number of amides is 2. The number of carbonyl (C=O) groups excluding carboxylic acids is 2. The van der Waals surface area contributed by atoms with Gasteiger partial charge in [-0.25, -0.2) is 10.0 Å². The summed E-state index contributed by atoms with van der Waals surface area (Å²) in [4.78, 5) is 27.5. The number of carbonyl (C=O) groups is 2. The largest absolute Gasteiger partial charge is 0.285 e. The molecule has 2 aliphatic rings. The molecule has 0 bridgehead atoms. The lowest BCUT2D eigenvalue weighted by molar-refractivity contribution is -0.171. The van der Waals surface area contributed by atoms with Crippen molar-refractivity contribution in [3.05, 3.63) is 35.9 Å². The first-order chi connectivity index (χ1) is 11.2. The van der Waals surface area contributed by atoms with Crippen LogP contribution >= 0.6 is 0 Å². The van der Waals surface area contributed by atoms with E-state index in [0.717, 1.165) is 37.8 Å². The minimum atomic E-state index is -0.0208. The number of hydrogen-bond donors (Lipinski definition) is 0. The molecule has 2 aliphatic heterocycles. The van der Waals surface area contributed by atoms with Crippen LogP contribution in [-0.4, -0.2) is 52.9 Å². The van der Waals surface area contributed by atoms with Crippen molar-refractivity contribution < 1.29 is 9.59 Å². The number of rotatable bonds is 4. The molecule has 1 aromatic rings. The fourth-order valence-electron chi connectivity index (χ4n) is 3.50.